The molecule has 5 rings (SSSR count). The van der Waals surface area contributed by atoms with Gasteiger partial charge in [-0.3, -0.25) is 4.79 Å². The molecule has 1 atom stereocenters. The zero-order chi connectivity index (χ0) is 18.3. The van der Waals surface area contributed by atoms with E-state index in [1.807, 2.05) is 18.2 Å². The summed E-state index contributed by atoms with van der Waals surface area (Å²) in [7, 11) is 0. The fourth-order valence-electron chi connectivity index (χ4n) is 6.38. The molecule has 3 nitrogen and oxygen atoms in total. The summed E-state index contributed by atoms with van der Waals surface area (Å²) in [5, 5.41) is 3.29. The second-order valence-corrected chi connectivity index (χ2v) is 9.55. The summed E-state index contributed by atoms with van der Waals surface area (Å²) < 4.78 is 5.87. The molecule has 4 aliphatic carbocycles. The molecule has 1 amide bonds. The van der Waals surface area contributed by atoms with Gasteiger partial charge in [0.2, 0.25) is 0 Å². The van der Waals surface area contributed by atoms with Crippen molar-refractivity contribution < 1.29 is 9.53 Å². The van der Waals surface area contributed by atoms with E-state index < -0.39 is 0 Å². The number of para-hydroxylation sites is 1. The molecule has 4 fully saturated rings. The van der Waals surface area contributed by atoms with Gasteiger partial charge in [-0.2, -0.15) is 0 Å². The van der Waals surface area contributed by atoms with Crippen LogP contribution in [0.2, 0.25) is 0 Å². The van der Waals surface area contributed by atoms with E-state index >= 15 is 0 Å². The molecule has 3 heteroatoms. The lowest BCUT2D eigenvalue weighted by Crippen LogP contribution is -2.56. The minimum Gasteiger partial charge on any atom is -0.483 e. The van der Waals surface area contributed by atoms with Crippen LogP contribution in [0.5, 0.6) is 5.75 Å². The van der Waals surface area contributed by atoms with Crippen LogP contribution in [0.1, 0.15) is 70.8 Å². The molecule has 26 heavy (non-hydrogen) atoms. The van der Waals surface area contributed by atoms with E-state index in [-0.39, 0.29) is 18.6 Å². The van der Waals surface area contributed by atoms with E-state index in [0.29, 0.717) is 11.3 Å². The van der Waals surface area contributed by atoms with E-state index in [0.717, 1.165) is 29.1 Å². The molecule has 0 unspecified atom stereocenters. The molecule has 0 aromatic heterocycles. The molecule has 1 aromatic carbocycles. The lowest BCUT2D eigenvalue weighted by atomic mass is 9.48. The van der Waals surface area contributed by atoms with E-state index in [2.05, 4.69) is 32.2 Å². The molecule has 4 aliphatic rings. The fourth-order valence-corrected chi connectivity index (χ4v) is 6.38. The normalized spacial score (nSPS) is 33.3. The first kappa shape index (κ1) is 17.9. The highest BCUT2D eigenvalue weighted by atomic mass is 16.5. The molecule has 4 saturated carbocycles. The average Bonchev–Trinajstić information content (AvgIpc) is 2.59. The van der Waals surface area contributed by atoms with Crippen LogP contribution in [0.25, 0.3) is 0 Å². The number of benzene rings is 1. The summed E-state index contributed by atoms with van der Waals surface area (Å²) in [5.74, 6) is 3.98. The van der Waals surface area contributed by atoms with Crippen LogP contribution in [0, 0.1) is 23.2 Å². The van der Waals surface area contributed by atoms with Crippen LogP contribution in [0.4, 0.5) is 0 Å². The lowest BCUT2D eigenvalue weighted by Gasteiger charge is -2.59. The van der Waals surface area contributed by atoms with Crippen LogP contribution in [0.15, 0.2) is 24.3 Å². The van der Waals surface area contributed by atoms with Gasteiger partial charge < -0.3 is 10.1 Å². The minimum absolute atomic E-state index is 0.0202. The fraction of sp³-hybridized carbons (Fsp3) is 0.696. The number of hydrogen-bond donors (Lipinski definition) is 1. The first-order valence-electron chi connectivity index (χ1n) is 10.5. The standard InChI is InChI=1S/C23H33NO2/c1-15(2)20-6-4-5-7-21(20)26-14-22(25)24-16(3)23-11-17-8-18(12-23)10-19(9-17)13-23/h4-7,15-19H,8-14H2,1-3H3,(H,24,25)/t16-,17?,18?,19?,23?/m1/s1. The van der Waals surface area contributed by atoms with Crippen molar-refractivity contribution in [1.29, 1.82) is 0 Å². The van der Waals surface area contributed by atoms with Crippen LogP contribution < -0.4 is 10.1 Å². The van der Waals surface area contributed by atoms with Crippen molar-refractivity contribution in [2.75, 3.05) is 6.61 Å². The number of ether oxygens (including phenoxy) is 1. The molecule has 0 radical (unpaired) electrons. The predicted molar refractivity (Wildman–Crippen MR) is 104 cm³/mol. The lowest BCUT2D eigenvalue weighted by molar-refractivity contribution is -0.127. The number of carbonyl (C=O) groups is 1. The Kier molecular flexibility index (Phi) is 4.75. The van der Waals surface area contributed by atoms with Gasteiger partial charge in [0.05, 0.1) is 0 Å². The Morgan fingerprint density at radius 2 is 1.65 bits per heavy atom. The Bertz CT molecular complexity index is 631. The highest BCUT2D eigenvalue weighted by Crippen LogP contribution is 2.61. The van der Waals surface area contributed by atoms with E-state index in [1.54, 1.807) is 0 Å². The van der Waals surface area contributed by atoms with Crippen molar-refractivity contribution >= 4 is 5.91 Å². The summed E-state index contributed by atoms with van der Waals surface area (Å²) in [5.41, 5.74) is 1.51. The third-order valence-electron chi connectivity index (χ3n) is 7.28. The maximum Gasteiger partial charge on any atom is 0.258 e. The number of hydrogen-bond acceptors (Lipinski definition) is 2. The zero-order valence-electron chi connectivity index (χ0n) is 16.5. The predicted octanol–water partition coefficient (Wildman–Crippen LogP) is 4.91. The van der Waals surface area contributed by atoms with E-state index in [4.69, 9.17) is 4.74 Å². The molecule has 1 aromatic rings. The molecule has 0 saturated heterocycles. The van der Waals surface area contributed by atoms with E-state index in [9.17, 15) is 4.79 Å². The van der Waals surface area contributed by atoms with Crippen molar-refractivity contribution in [2.24, 2.45) is 23.2 Å². The number of amides is 1. The van der Waals surface area contributed by atoms with E-state index in [1.165, 1.54) is 38.5 Å². The Balaban J connectivity index is 1.35. The third kappa shape index (κ3) is 3.37. The Morgan fingerprint density at radius 1 is 1.08 bits per heavy atom. The van der Waals surface area contributed by atoms with Gasteiger partial charge in [0.25, 0.3) is 5.91 Å². The Labute approximate surface area is 157 Å². The molecule has 1 N–H and O–H groups in total. The second kappa shape index (κ2) is 6.90. The van der Waals surface area contributed by atoms with Gasteiger partial charge in [-0.15, -0.1) is 0 Å². The summed E-state index contributed by atoms with van der Waals surface area (Å²) in [6, 6.07) is 8.29. The van der Waals surface area contributed by atoms with Gasteiger partial charge in [0.15, 0.2) is 6.61 Å². The van der Waals surface area contributed by atoms with Gasteiger partial charge in [0, 0.05) is 6.04 Å². The maximum atomic E-state index is 12.6. The smallest absolute Gasteiger partial charge is 0.258 e. The summed E-state index contributed by atoms with van der Waals surface area (Å²) in [4.78, 5) is 12.6. The monoisotopic (exact) mass is 355 g/mol. The van der Waals surface area contributed by atoms with Crippen molar-refractivity contribution in [1.82, 2.24) is 5.32 Å². The molecule has 0 spiro atoms. The molecule has 0 aliphatic heterocycles. The largest absolute Gasteiger partial charge is 0.483 e. The first-order valence-corrected chi connectivity index (χ1v) is 10.5. The SMILES string of the molecule is CC(C)c1ccccc1OCC(=O)N[C@H](C)C12CC3CC(CC(C3)C1)C2. The Hall–Kier alpha value is -1.51. The summed E-state index contributed by atoms with van der Waals surface area (Å²) in [6.45, 7) is 6.64. The first-order chi connectivity index (χ1) is 12.4. The number of nitrogens with one attached hydrogen (secondary N) is 1. The highest BCUT2D eigenvalue weighted by molar-refractivity contribution is 5.78. The van der Waals surface area contributed by atoms with Gasteiger partial charge in [-0.25, -0.2) is 0 Å². The van der Waals surface area contributed by atoms with Crippen LogP contribution in [0.3, 0.4) is 0 Å². The number of rotatable bonds is 6. The van der Waals surface area contributed by atoms with Crippen molar-refractivity contribution in [2.45, 2.75) is 71.3 Å². The third-order valence-corrected chi connectivity index (χ3v) is 7.28. The second-order valence-electron chi connectivity index (χ2n) is 9.55. The number of carbonyl (C=O) groups excluding carboxylic acids is 1. The van der Waals surface area contributed by atoms with Gasteiger partial charge in [-0.1, -0.05) is 32.0 Å². The van der Waals surface area contributed by atoms with Crippen molar-refractivity contribution in [3.8, 4) is 5.75 Å². The topological polar surface area (TPSA) is 38.3 Å². The molecular weight excluding hydrogens is 322 g/mol. The zero-order valence-corrected chi connectivity index (χ0v) is 16.5. The molecule has 142 valence electrons. The summed E-state index contributed by atoms with van der Waals surface area (Å²) >= 11 is 0. The van der Waals surface area contributed by atoms with Crippen LogP contribution in [-0.4, -0.2) is 18.6 Å². The highest BCUT2D eigenvalue weighted by Gasteiger charge is 2.53. The summed E-state index contributed by atoms with van der Waals surface area (Å²) in [6.07, 6.45) is 8.27. The van der Waals surface area contributed by atoms with Crippen molar-refractivity contribution in [3.63, 3.8) is 0 Å². The van der Waals surface area contributed by atoms with Gasteiger partial charge in [-0.05, 0) is 86.2 Å². The maximum absolute atomic E-state index is 12.6. The van der Waals surface area contributed by atoms with Crippen LogP contribution >= 0.6 is 0 Å². The van der Waals surface area contributed by atoms with Gasteiger partial charge in [0.1, 0.15) is 5.75 Å². The average molecular weight is 356 g/mol. The quantitative estimate of drug-likeness (QED) is 0.787. The molecular formula is C23H33NO2. The Morgan fingerprint density at radius 3 is 2.23 bits per heavy atom. The van der Waals surface area contributed by atoms with Crippen LogP contribution in [-0.2, 0) is 4.79 Å². The minimum atomic E-state index is 0.0202. The molecule has 4 bridgehead atoms. The van der Waals surface area contributed by atoms with Crippen molar-refractivity contribution in [3.05, 3.63) is 29.8 Å². The molecule has 0 heterocycles. The van der Waals surface area contributed by atoms with Gasteiger partial charge >= 0.3 is 0 Å².